The van der Waals surface area contributed by atoms with Gasteiger partial charge < -0.3 is 15.1 Å². The quantitative estimate of drug-likeness (QED) is 0.455. The van der Waals surface area contributed by atoms with Crippen molar-refractivity contribution < 1.29 is 0 Å². The van der Waals surface area contributed by atoms with Gasteiger partial charge in [0.15, 0.2) is 5.96 Å². The molecule has 1 aromatic carbocycles. The minimum absolute atomic E-state index is 0. The predicted molar refractivity (Wildman–Crippen MR) is 107 cm³/mol. The van der Waals surface area contributed by atoms with Crippen molar-refractivity contribution >= 4 is 35.6 Å². The number of aliphatic imine (C=N–C) groups is 1. The molecule has 0 radical (unpaired) electrons. The van der Waals surface area contributed by atoms with Gasteiger partial charge in [-0.3, -0.25) is 4.99 Å². The van der Waals surface area contributed by atoms with E-state index in [0.29, 0.717) is 0 Å². The lowest BCUT2D eigenvalue weighted by molar-refractivity contribution is 0.494. The van der Waals surface area contributed by atoms with Crippen LogP contribution in [0.3, 0.4) is 0 Å². The number of hydrogen-bond acceptors (Lipinski definition) is 2. The van der Waals surface area contributed by atoms with E-state index in [9.17, 15) is 0 Å². The van der Waals surface area contributed by atoms with Crippen LogP contribution < -0.4 is 10.2 Å². The number of benzene rings is 1. The van der Waals surface area contributed by atoms with Crippen molar-refractivity contribution in [3.05, 3.63) is 29.8 Å². The number of nitrogens with zero attached hydrogens (tertiary/aromatic N) is 3. The monoisotopic (exact) mass is 416 g/mol. The molecule has 0 atom stereocenters. The fourth-order valence-electron chi connectivity index (χ4n) is 2.61. The average molecular weight is 416 g/mol. The maximum atomic E-state index is 4.77. The van der Waals surface area contributed by atoms with E-state index in [4.69, 9.17) is 4.99 Å². The van der Waals surface area contributed by atoms with Gasteiger partial charge in [0.05, 0.1) is 0 Å². The highest BCUT2D eigenvalue weighted by molar-refractivity contribution is 14.0. The highest BCUT2D eigenvalue weighted by atomic mass is 127. The van der Waals surface area contributed by atoms with Crippen LogP contribution in [-0.4, -0.2) is 51.1 Å². The van der Waals surface area contributed by atoms with Crippen LogP contribution in [0.1, 0.15) is 25.3 Å². The van der Waals surface area contributed by atoms with Gasteiger partial charge in [-0.05, 0) is 43.9 Å². The Morgan fingerprint density at radius 3 is 2.36 bits per heavy atom. The number of halogens is 1. The summed E-state index contributed by atoms with van der Waals surface area (Å²) in [7, 11) is 4.14. The van der Waals surface area contributed by atoms with E-state index in [0.717, 1.165) is 38.6 Å². The normalized spacial score (nSPS) is 14.7. The first-order valence-corrected chi connectivity index (χ1v) is 8.00. The van der Waals surface area contributed by atoms with Crippen molar-refractivity contribution in [3.63, 3.8) is 0 Å². The molecule has 22 heavy (non-hydrogen) atoms. The fourth-order valence-corrected chi connectivity index (χ4v) is 2.61. The Morgan fingerprint density at radius 1 is 1.18 bits per heavy atom. The fraction of sp³-hybridized carbons (Fsp3) is 0.588. The van der Waals surface area contributed by atoms with Gasteiger partial charge in [-0.2, -0.15) is 0 Å². The smallest absolute Gasteiger partial charge is 0.193 e. The summed E-state index contributed by atoms with van der Waals surface area (Å²) in [5, 5.41) is 3.40. The van der Waals surface area contributed by atoms with Gasteiger partial charge in [0.1, 0.15) is 0 Å². The Balaban J connectivity index is 0.00000242. The van der Waals surface area contributed by atoms with Crippen LogP contribution in [0.5, 0.6) is 0 Å². The molecular formula is C17H29IN4. The van der Waals surface area contributed by atoms with Gasteiger partial charge >= 0.3 is 0 Å². The third kappa shape index (κ3) is 5.66. The topological polar surface area (TPSA) is 30.9 Å². The van der Waals surface area contributed by atoms with E-state index in [1.165, 1.54) is 24.1 Å². The molecule has 1 fully saturated rings. The molecule has 1 aromatic rings. The van der Waals surface area contributed by atoms with Crippen molar-refractivity contribution in [3.8, 4) is 0 Å². The molecule has 1 N–H and O–H groups in total. The van der Waals surface area contributed by atoms with Gasteiger partial charge in [-0.1, -0.05) is 12.1 Å². The average Bonchev–Trinajstić information content (AvgIpc) is 3.01. The van der Waals surface area contributed by atoms with Crippen LogP contribution in [0, 0.1) is 0 Å². The lowest BCUT2D eigenvalue weighted by Gasteiger charge is -2.20. The number of likely N-dealkylation sites (tertiary alicyclic amines) is 1. The van der Waals surface area contributed by atoms with Crippen LogP contribution in [0.4, 0.5) is 5.69 Å². The van der Waals surface area contributed by atoms with Crippen LogP contribution in [-0.2, 0) is 6.42 Å². The zero-order chi connectivity index (χ0) is 15.1. The van der Waals surface area contributed by atoms with Crippen LogP contribution in [0.2, 0.25) is 0 Å². The first-order valence-electron chi connectivity index (χ1n) is 8.00. The molecule has 0 aromatic heterocycles. The van der Waals surface area contributed by atoms with Gasteiger partial charge in [0.25, 0.3) is 0 Å². The summed E-state index contributed by atoms with van der Waals surface area (Å²) in [4.78, 5) is 9.27. The van der Waals surface area contributed by atoms with Gasteiger partial charge in [-0.15, -0.1) is 24.0 Å². The zero-order valence-corrected chi connectivity index (χ0v) is 16.3. The molecule has 1 saturated heterocycles. The Morgan fingerprint density at radius 2 is 1.82 bits per heavy atom. The number of hydrogen-bond donors (Lipinski definition) is 1. The van der Waals surface area contributed by atoms with E-state index < -0.39 is 0 Å². The lowest BCUT2D eigenvalue weighted by atomic mass is 10.1. The maximum absolute atomic E-state index is 4.77. The van der Waals surface area contributed by atoms with Crippen LogP contribution in [0.25, 0.3) is 0 Å². The Hall–Kier alpha value is -0.980. The summed E-state index contributed by atoms with van der Waals surface area (Å²) >= 11 is 0. The first-order chi connectivity index (χ1) is 10.2. The summed E-state index contributed by atoms with van der Waals surface area (Å²) in [5.74, 6) is 1.08. The molecule has 0 unspecified atom stereocenters. The Bertz CT molecular complexity index is 450. The molecule has 0 bridgehead atoms. The highest BCUT2D eigenvalue weighted by Crippen LogP contribution is 2.13. The molecule has 1 aliphatic heterocycles. The molecule has 0 saturated carbocycles. The largest absolute Gasteiger partial charge is 0.378 e. The Labute approximate surface area is 152 Å². The van der Waals surface area contributed by atoms with Gasteiger partial charge in [0, 0.05) is 46.0 Å². The summed E-state index contributed by atoms with van der Waals surface area (Å²) in [6, 6.07) is 8.75. The standard InChI is InChI=1S/C17H28N4.HI/c1-4-18-17(21-13-5-6-14-21)19-12-11-15-7-9-16(10-8-15)20(2)3;/h7-10H,4-6,11-14H2,1-3H3,(H,18,19);1H. The second kappa shape index (κ2) is 9.92. The van der Waals surface area contributed by atoms with Crippen molar-refractivity contribution in [2.24, 2.45) is 4.99 Å². The molecule has 5 heteroatoms. The summed E-state index contributed by atoms with van der Waals surface area (Å²) in [5.41, 5.74) is 2.59. The van der Waals surface area contributed by atoms with E-state index in [2.05, 4.69) is 60.4 Å². The molecule has 0 spiro atoms. The number of nitrogens with one attached hydrogen (secondary N) is 1. The highest BCUT2D eigenvalue weighted by Gasteiger charge is 2.15. The van der Waals surface area contributed by atoms with Crippen LogP contribution >= 0.6 is 24.0 Å². The zero-order valence-electron chi connectivity index (χ0n) is 14.0. The molecule has 2 rings (SSSR count). The third-order valence-corrected chi connectivity index (χ3v) is 3.86. The third-order valence-electron chi connectivity index (χ3n) is 3.86. The van der Waals surface area contributed by atoms with E-state index in [1.807, 2.05) is 0 Å². The summed E-state index contributed by atoms with van der Waals surface area (Å²) < 4.78 is 0. The number of guanidine groups is 1. The van der Waals surface area contributed by atoms with Crippen molar-refractivity contribution in [1.82, 2.24) is 10.2 Å². The van der Waals surface area contributed by atoms with E-state index in [-0.39, 0.29) is 24.0 Å². The minimum atomic E-state index is 0. The Kier molecular flexibility index (Phi) is 8.60. The molecule has 4 nitrogen and oxygen atoms in total. The van der Waals surface area contributed by atoms with E-state index in [1.54, 1.807) is 0 Å². The predicted octanol–water partition coefficient (Wildman–Crippen LogP) is 2.97. The molecule has 0 amide bonds. The van der Waals surface area contributed by atoms with Crippen molar-refractivity contribution in [2.75, 3.05) is 45.2 Å². The second-order valence-electron chi connectivity index (χ2n) is 5.74. The first kappa shape index (κ1) is 19.1. The van der Waals surface area contributed by atoms with Gasteiger partial charge in [0.2, 0.25) is 0 Å². The molecule has 1 heterocycles. The minimum Gasteiger partial charge on any atom is -0.378 e. The van der Waals surface area contributed by atoms with Crippen molar-refractivity contribution in [2.45, 2.75) is 26.2 Å². The molecule has 0 aliphatic carbocycles. The maximum Gasteiger partial charge on any atom is 0.193 e. The summed E-state index contributed by atoms with van der Waals surface area (Å²) in [6.45, 7) is 6.20. The SMILES string of the molecule is CCNC(=NCCc1ccc(N(C)C)cc1)N1CCCC1.I. The molecular weight excluding hydrogens is 387 g/mol. The lowest BCUT2D eigenvalue weighted by Crippen LogP contribution is -2.39. The molecule has 124 valence electrons. The van der Waals surface area contributed by atoms with Gasteiger partial charge in [-0.25, -0.2) is 0 Å². The second-order valence-corrected chi connectivity index (χ2v) is 5.74. The molecule has 1 aliphatic rings. The number of anilines is 1. The van der Waals surface area contributed by atoms with Crippen molar-refractivity contribution in [1.29, 1.82) is 0 Å². The summed E-state index contributed by atoms with van der Waals surface area (Å²) in [6.07, 6.45) is 3.57. The van der Waals surface area contributed by atoms with Crippen LogP contribution in [0.15, 0.2) is 29.3 Å². The number of rotatable bonds is 5. The van der Waals surface area contributed by atoms with E-state index >= 15 is 0 Å².